The summed E-state index contributed by atoms with van der Waals surface area (Å²) in [5.41, 5.74) is 0.579. The van der Waals surface area contributed by atoms with Crippen molar-refractivity contribution in [1.82, 2.24) is 4.98 Å². The number of oxime groups is 1. The highest BCUT2D eigenvalue weighted by Gasteiger charge is 2.19. The average Bonchev–Trinajstić information content (AvgIpc) is 2.74. The Morgan fingerprint density at radius 2 is 2.19 bits per heavy atom. The molecule has 1 heterocycles. The van der Waals surface area contributed by atoms with Crippen molar-refractivity contribution < 1.29 is 14.4 Å². The molecule has 0 aromatic carbocycles. The normalized spacial score (nSPS) is 11.7. The maximum atomic E-state index is 11.4. The molecular weight excluding hydrogens is 228 g/mol. The zero-order valence-electron chi connectivity index (χ0n) is 9.68. The van der Waals surface area contributed by atoms with Gasteiger partial charge in [0.25, 0.3) is 0 Å². The molecule has 0 spiro atoms. The predicted molar refractivity (Wildman–Crippen MR) is 61.8 cm³/mol. The van der Waals surface area contributed by atoms with Gasteiger partial charge in [0.05, 0.1) is 12.1 Å². The second kappa shape index (κ2) is 5.60. The van der Waals surface area contributed by atoms with E-state index >= 15 is 0 Å². The third-order valence-corrected chi connectivity index (χ3v) is 2.97. The van der Waals surface area contributed by atoms with E-state index in [2.05, 4.69) is 19.7 Å². The van der Waals surface area contributed by atoms with E-state index in [4.69, 9.17) is 0 Å². The average molecular weight is 242 g/mol. The van der Waals surface area contributed by atoms with Crippen molar-refractivity contribution >= 4 is 23.0 Å². The summed E-state index contributed by atoms with van der Waals surface area (Å²) in [5, 5.41) is 6.34. The molecule has 1 aromatic heterocycles. The lowest BCUT2D eigenvalue weighted by atomic mass is 10.2. The molecule has 1 aromatic rings. The first-order valence-corrected chi connectivity index (χ1v) is 5.63. The molecule has 6 heteroatoms. The lowest BCUT2D eigenvalue weighted by molar-refractivity contribution is -0.132. The maximum Gasteiger partial charge on any atom is 0.362 e. The molecule has 0 radical (unpaired) electrons. The van der Waals surface area contributed by atoms with E-state index in [0.717, 1.165) is 5.01 Å². The van der Waals surface area contributed by atoms with Crippen LogP contribution in [0.25, 0.3) is 0 Å². The smallest absolute Gasteiger partial charge is 0.362 e. The Hall–Kier alpha value is -1.43. The molecule has 88 valence electrons. The number of methoxy groups -OCH3 is 1. The number of carbonyl (C=O) groups excluding carboxylic acids is 1. The summed E-state index contributed by atoms with van der Waals surface area (Å²) in [5.74, 6) is -0.234. The summed E-state index contributed by atoms with van der Waals surface area (Å²) in [6.45, 7) is 4.07. The van der Waals surface area contributed by atoms with E-state index < -0.39 is 5.97 Å². The number of thiazole rings is 1. The first-order valence-electron chi connectivity index (χ1n) is 4.75. The van der Waals surface area contributed by atoms with Gasteiger partial charge < -0.3 is 9.57 Å². The first kappa shape index (κ1) is 12.6. The van der Waals surface area contributed by atoms with Gasteiger partial charge in [-0.1, -0.05) is 19.0 Å². The Bertz CT molecular complexity index is 399. The van der Waals surface area contributed by atoms with E-state index in [-0.39, 0.29) is 5.71 Å². The molecule has 16 heavy (non-hydrogen) atoms. The second-order valence-corrected chi connectivity index (χ2v) is 4.23. The van der Waals surface area contributed by atoms with E-state index in [0.29, 0.717) is 11.6 Å². The van der Waals surface area contributed by atoms with Crippen LogP contribution in [0.4, 0.5) is 0 Å². The van der Waals surface area contributed by atoms with Gasteiger partial charge >= 0.3 is 5.97 Å². The van der Waals surface area contributed by atoms with Crippen LogP contribution in [-0.2, 0) is 14.4 Å². The molecule has 0 fully saturated rings. The first-order chi connectivity index (χ1) is 7.60. The van der Waals surface area contributed by atoms with Gasteiger partial charge in [-0.15, -0.1) is 11.3 Å². The molecule has 0 saturated carbocycles. The van der Waals surface area contributed by atoms with E-state index in [1.54, 1.807) is 5.38 Å². The van der Waals surface area contributed by atoms with Crippen LogP contribution in [0.2, 0.25) is 0 Å². The second-order valence-electron chi connectivity index (χ2n) is 3.34. The van der Waals surface area contributed by atoms with Gasteiger partial charge in [0, 0.05) is 11.3 Å². The topological polar surface area (TPSA) is 60.8 Å². The van der Waals surface area contributed by atoms with E-state index in [9.17, 15) is 4.79 Å². The van der Waals surface area contributed by atoms with Gasteiger partial charge in [-0.05, 0) is 0 Å². The molecule has 0 saturated heterocycles. The quantitative estimate of drug-likeness (QED) is 0.459. The van der Waals surface area contributed by atoms with Crippen molar-refractivity contribution in [2.45, 2.75) is 19.8 Å². The van der Waals surface area contributed by atoms with Crippen molar-refractivity contribution in [3.63, 3.8) is 0 Å². The van der Waals surface area contributed by atoms with E-state index in [1.807, 2.05) is 13.8 Å². The number of hydrogen-bond acceptors (Lipinski definition) is 6. The van der Waals surface area contributed by atoms with Gasteiger partial charge in [0.1, 0.15) is 12.8 Å². The molecule has 0 aliphatic heterocycles. The third kappa shape index (κ3) is 2.79. The van der Waals surface area contributed by atoms with Crippen molar-refractivity contribution in [2.24, 2.45) is 5.16 Å². The van der Waals surface area contributed by atoms with Crippen molar-refractivity contribution in [3.05, 3.63) is 16.1 Å². The Morgan fingerprint density at radius 1 is 1.50 bits per heavy atom. The maximum absolute atomic E-state index is 11.4. The van der Waals surface area contributed by atoms with Crippen molar-refractivity contribution in [2.75, 3.05) is 14.2 Å². The summed E-state index contributed by atoms with van der Waals surface area (Å²) in [4.78, 5) is 20.3. The van der Waals surface area contributed by atoms with Crippen LogP contribution in [0, 0.1) is 0 Å². The fourth-order valence-corrected chi connectivity index (χ4v) is 1.86. The number of rotatable bonds is 4. The molecular formula is C10H14N2O3S. The number of carbonyl (C=O) groups is 1. The molecule has 0 N–H and O–H groups in total. The van der Waals surface area contributed by atoms with Gasteiger partial charge in [0.15, 0.2) is 0 Å². The number of nitrogens with zero attached hydrogens (tertiary/aromatic N) is 2. The fourth-order valence-electron chi connectivity index (χ4n) is 1.04. The Labute approximate surface area is 98.1 Å². The number of aromatic nitrogens is 1. The zero-order valence-corrected chi connectivity index (χ0v) is 10.5. The monoisotopic (exact) mass is 242 g/mol. The Kier molecular flexibility index (Phi) is 4.42. The molecule has 0 amide bonds. The highest BCUT2D eigenvalue weighted by Crippen LogP contribution is 2.19. The molecule has 0 bridgehead atoms. The van der Waals surface area contributed by atoms with Crippen LogP contribution in [0.3, 0.4) is 0 Å². The van der Waals surface area contributed by atoms with Gasteiger partial charge in [-0.2, -0.15) is 0 Å². The summed E-state index contributed by atoms with van der Waals surface area (Å²) in [6, 6.07) is 0. The summed E-state index contributed by atoms with van der Waals surface area (Å²) >= 11 is 1.48. The third-order valence-electron chi connectivity index (χ3n) is 1.82. The number of ether oxygens (including phenoxy) is 1. The van der Waals surface area contributed by atoms with Crippen molar-refractivity contribution in [3.8, 4) is 0 Å². The standard InChI is InChI=1S/C10H14N2O3S/c1-6(2)9-11-7(5-16-9)8(12-15-4)10(13)14-3/h5-6H,1-4H3/b12-8+. The minimum absolute atomic E-state index is 0.0909. The van der Waals surface area contributed by atoms with Gasteiger partial charge in [0.2, 0.25) is 5.71 Å². The van der Waals surface area contributed by atoms with Gasteiger partial charge in [-0.25, -0.2) is 9.78 Å². The predicted octanol–water partition coefficient (Wildman–Crippen LogP) is 1.79. The number of hydrogen-bond donors (Lipinski definition) is 0. The minimum atomic E-state index is -0.553. The summed E-state index contributed by atoms with van der Waals surface area (Å²) in [6.07, 6.45) is 0. The molecule has 0 unspecified atom stereocenters. The van der Waals surface area contributed by atoms with Crippen LogP contribution in [0.1, 0.15) is 30.5 Å². The largest absolute Gasteiger partial charge is 0.464 e. The summed E-state index contributed by atoms with van der Waals surface area (Å²) in [7, 11) is 2.67. The Morgan fingerprint density at radius 3 is 2.62 bits per heavy atom. The van der Waals surface area contributed by atoms with E-state index in [1.165, 1.54) is 25.6 Å². The van der Waals surface area contributed by atoms with Crippen LogP contribution < -0.4 is 0 Å². The Balaban J connectivity index is 3.03. The lowest BCUT2D eigenvalue weighted by Crippen LogP contribution is -2.18. The van der Waals surface area contributed by atoms with Crippen LogP contribution >= 0.6 is 11.3 Å². The van der Waals surface area contributed by atoms with Crippen LogP contribution in [0.15, 0.2) is 10.5 Å². The lowest BCUT2D eigenvalue weighted by Gasteiger charge is -2.00. The number of esters is 1. The molecule has 1 rings (SSSR count). The molecule has 5 nitrogen and oxygen atoms in total. The minimum Gasteiger partial charge on any atom is -0.464 e. The fraction of sp³-hybridized carbons (Fsp3) is 0.500. The molecule has 0 aliphatic rings. The summed E-state index contributed by atoms with van der Waals surface area (Å²) < 4.78 is 4.60. The van der Waals surface area contributed by atoms with Gasteiger partial charge in [-0.3, -0.25) is 0 Å². The van der Waals surface area contributed by atoms with Crippen LogP contribution in [0.5, 0.6) is 0 Å². The zero-order chi connectivity index (χ0) is 12.1. The van der Waals surface area contributed by atoms with Crippen LogP contribution in [-0.4, -0.2) is 30.9 Å². The SMILES string of the molecule is CO/N=C(/C(=O)OC)c1csc(C(C)C)n1. The van der Waals surface area contributed by atoms with Crippen molar-refractivity contribution in [1.29, 1.82) is 0 Å². The molecule has 0 atom stereocenters. The highest BCUT2D eigenvalue weighted by molar-refractivity contribution is 7.10. The molecule has 0 aliphatic carbocycles. The highest BCUT2D eigenvalue weighted by atomic mass is 32.1.